The van der Waals surface area contributed by atoms with Crippen LogP contribution in [0.4, 0.5) is 0 Å². The van der Waals surface area contributed by atoms with Crippen molar-refractivity contribution in [1.29, 1.82) is 0 Å². The van der Waals surface area contributed by atoms with Crippen molar-refractivity contribution in [2.24, 2.45) is 0 Å². The highest BCUT2D eigenvalue weighted by Crippen LogP contribution is 2.16. The normalized spacial score (nSPS) is 15.0. The van der Waals surface area contributed by atoms with Gasteiger partial charge in [0.15, 0.2) is 0 Å². The number of aliphatic hydroxyl groups is 1. The first-order valence-electron chi connectivity index (χ1n) is 5.45. The highest BCUT2D eigenvalue weighted by atomic mass is 32.1. The van der Waals surface area contributed by atoms with Crippen LogP contribution in [-0.2, 0) is 14.3 Å². The fraction of sp³-hybridized carbons (Fsp3) is 0.500. The molecule has 0 aliphatic heterocycles. The molecule has 1 aliphatic rings. The van der Waals surface area contributed by atoms with Crippen molar-refractivity contribution in [1.82, 2.24) is 0 Å². The Hall–Kier alpha value is -1.36. The number of rotatable bonds is 6. The standard InChI is InChI=1S/C12H16O4S/c1-15-12(14)4-2-3-5-16-10-6-9(13)7-11(17)8-10/h6-7,13H,2-5,8H2,1H3. The summed E-state index contributed by atoms with van der Waals surface area (Å²) in [5.41, 5.74) is 0. The minimum Gasteiger partial charge on any atom is -0.508 e. The number of aliphatic hydroxyl groups excluding tert-OH is 1. The Morgan fingerprint density at radius 3 is 2.88 bits per heavy atom. The summed E-state index contributed by atoms with van der Waals surface area (Å²) in [6, 6.07) is 0. The fourth-order valence-corrected chi connectivity index (χ4v) is 1.68. The highest BCUT2D eigenvalue weighted by Gasteiger charge is 2.09. The van der Waals surface area contributed by atoms with E-state index >= 15 is 0 Å². The second-order valence-electron chi connectivity index (χ2n) is 3.70. The molecule has 1 N–H and O–H groups in total. The number of esters is 1. The van der Waals surface area contributed by atoms with E-state index in [-0.39, 0.29) is 11.7 Å². The van der Waals surface area contributed by atoms with E-state index in [9.17, 15) is 9.90 Å². The van der Waals surface area contributed by atoms with Gasteiger partial charge < -0.3 is 14.6 Å². The van der Waals surface area contributed by atoms with Crippen LogP contribution < -0.4 is 0 Å². The van der Waals surface area contributed by atoms with Crippen LogP contribution in [0.5, 0.6) is 0 Å². The van der Waals surface area contributed by atoms with Gasteiger partial charge in [0, 0.05) is 23.8 Å². The van der Waals surface area contributed by atoms with Gasteiger partial charge in [-0.05, 0) is 18.9 Å². The van der Waals surface area contributed by atoms with E-state index in [1.165, 1.54) is 7.11 Å². The molecule has 0 aromatic rings. The van der Waals surface area contributed by atoms with Crippen LogP contribution in [0.3, 0.4) is 0 Å². The summed E-state index contributed by atoms with van der Waals surface area (Å²) >= 11 is 4.99. The first kappa shape index (κ1) is 13.7. The molecule has 0 saturated carbocycles. The van der Waals surface area contributed by atoms with Gasteiger partial charge in [-0.25, -0.2) is 0 Å². The average Bonchev–Trinajstić information content (AvgIpc) is 2.27. The van der Waals surface area contributed by atoms with Crippen molar-refractivity contribution >= 4 is 23.1 Å². The molecule has 17 heavy (non-hydrogen) atoms. The zero-order valence-corrected chi connectivity index (χ0v) is 10.6. The lowest BCUT2D eigenvalue weighted by Gasteiger charge is -2.13. The number of ether oxygens (including phenoxy) is 2. The van der Waals surface area contributed by atoms with Crippen molar-refractivity contribution in [2.45, 2.75) is 25.7 Å². The van der Waals surface area contributed by atoms with Crippen molar-refractivity contribution in [3.63, 3.8) is 0 Å². The number of hydrogen-bond donors (Lipinski definition) is 1. The number of carbonyl (C=O) groups is 1. The Morgan fingerprint density at radius 2 is 2.24 bits per heavy atom. The predicted molar refractivity (Wildman–Crippen MR) is 67.8 cm³/mol. The second-order valence-corrected chi connectivity index (χ2v) is 4.23. The van der Waals surface area contributed by atoms with Crippen molar-refractivity contribution in [3.8, 4) is 0 Å². The molecule has 1 aliphatic carbocycles. The average molecular weight is 256 g/mol. The molecule has 0 aromatic heterocycles. The first-order chi connectivity index (χ1) is 8.11. The Bertz CT molecular complexity index is 358. The molecule has 0 saturated heterocycles. The van der Waals surface area contributed by atoms with E-state index in [0.29, 0.717) is 30.1 Å². The molecule has 0 spiro atoms. The summed E-state index contributed by atoms with van der Waals surface area (Å²) < 4.78 is 9.99. The first-order valence-corrected chi connectivity index (χ1v) is 5.86. The smallest absolute Gasteiger partial charge is 0.305 e. The number of unbranched alkanes of at least 4 members (excludes halogenated alkanes) is 1. The minimum absolute atomic E-state index is 0.130. The van der Waals surface area contributed by atoms with E-state index < -0.39 is 0 Å². The molecule has 0 heterocycles. The maximum absolute atomic E-state index is 10.8. The summed E-state index contributed by atoms with van der Waals surface area (Å²) in [7, 11) is 1.38. The molecule has 0 bridgehead atoms. The summed E-state index contributed by atoms with van der Waals surface area (Å²) in [5, 5.41) is 9.31. The van der Waals surface area contributed by atoms with Crippen LogP contribution in [0.1, 0.15) is 25.7 Å². The molecule has 4 nitrogen and oxygen atoms in total. The molecule has 0 fully saturated rings. The second kappa shape index (κ2) is 7.06. The van der Waals surface area contributed by atoms with Gasteiger partial charge in [-0.1, -0.05) is 12.2 Å². The number of hydrogen-bond acceptors (Lipinski definition) is 5. The molecular formula is C12H16O4S. The Morgan fingerprint density at radius 1 is 1.47 bits per heavy atom. The molecule has 0 radical (unpaired) electrons. The van der Waals surface area contributed by atoms with Crippen LogP contribution in [-0.4, -0.2) is 29.7 Å². The van der Waals surface area contributed by atoms with E-state index in [1.807, 2.05) is 0 Å². The van der Waals surface area contributed by atoms with Crippen molar-refractivity contribution in [3.05, 3.63) is 23.7 Å². The molecule has 0 unspecified atom stereocenters. The zero-order chi connectivity index (χ0) is 12.7. The van der Waals surface area contributed by atoms with E-state index in [0.717, 1.165) is 12.8 Å². The van der Waals surface area contributed by atoms with E-state index in [4.69, 9.17) is 17.0 Å². The van der Waals surface area contributed by atoms with Gasteiger partial charge in [0.25, 0.3) is 0 Å². The lowest BCUT2D eigenvalue weighted by molar-refractivity contribution is -0.140. The van der Waals surface area contributed by atoms with Crippen LogP contribution in [0.15, 0.2) is 23.7 Å². The van der Waals surface area contributed by atoms with Crippen molar-refractivity contribution < 1.29 is 19.4 Å². The molecule has 94 valence electrons. The van der Waals surface area contributed by atoms with Gasteiger partial charge in [0.1, 0.15) is 11.5 Å². The number of carbonyl (C=O) groups excluding carboxylic acids is 1. The van der Waals surface area contributed by atoms with Gasteiger partial charge in [-0.15, -0.1) is 0 Å². The quantitative estimate of drug-likeness (QED) is 0.449. The third-order valence-corrected chi connectivity index (χ3v) is 2.52. The molecule has 5 heteroatoms. The van der Waals surface area contributed by atoms with Gasteiger partial charge in [-0.3, -0.25) is 4.79 Å². The third kappa shape index (κ3) is 5.49. The number of thiocarbonyl (C=S) groups is 1. The van der Waals surface area contributed by atoms with Gasteiger partial charge in [-0.2, -0.15) is 0 Å². The van der Waals surface area contributed by atoms with E-state index in [1.54, 1.807) is 12.2 Å². The summed E-state index contributed by atoms with van der Waals surface area (Å²) in [6.07, 6.45) is 5.56. The summed E-state index contributed by atoms with van der Waals surface area (Å²) in [6.45, 7) is 0.513. The fourth-order valence-electron chi connectivity index (χ4n) is 1.41. The minimum atomic E-state index is -0.205. The van der Waals surface area contributed by atoms with Crippen LogP contribution >= 0.6 is 12.2 Å². The zero-order valence-electron chi connectivity index (χ0n) is 9.77. The van der Waals surface area contributed by atoms with Crippen LogP contribution in [0, 0.1) is 0 Å². The van der Waals surface area contributed by atoms with Crippen LogP contribution in [0.2, 0.25) is 0 Å². The largest absolute Gasteiger partial charge is 0.508 e. The molecule has 1 rings (SSSR count). The Labute approximate surface area is 106 Å². The molecule has 0 aromatic carbocycles. The lowest BCUT2D eigenvalue weighted by Crippen LogP contribution is -2.06. The Kier molecular flexibility index (Phi) is 5.69. The maximum Gasteiger partial charge on any atom is 0.305 e. The van der Waals surface area contributed by atoms with Gasteiger partial charge in [0.05, 0.1) is 13.7 Å². The SMILES string of the molecule is COC(=O)CCCCOC1=CC(O)=CC(=S)C1. The van der Waals surface area contributed by atoms with E-state index in [2.05, 4.69) is 4.74 Å². The van der Waals surface area contributed by atoms with Crippen molar-refractivity contribution in [2.75, 3.05) is 13.7 Å². The predicted octanol–water partition coefficient (Wildman–Crippen LogP) is 2.45. The molecule has 0 atom stereocenters. The lowest BCUT2D eigenvalue weighted by atomic mass is 10.1. The molecule has 0 amide bonds. The molecular weight excluding hydrogens is 240 g/mol. The number of allylic oxidation sites excluding steroid dienone is 3. The summed E-state index contributed by atoms with van der Waals surface area (Å²) in [5.74, 6) is 0.600. The van der Waals surface area contributed by atoms with Gasteiger partial charge >= 0.3 is 5.97 Å². The van der Waals surface area contributed by atoms with Gasteiger partial charge in [0.2, 0.25) is 0 Å². The topological polar surface area (TPSA) is 55.8 Å². The monoisotopic (exact) mass is 256 g/mol. The highest BCUT2D eigenvalue weighted by molar-refractivity contribution is 7.80. The summed E-state index contributed by atoms with van der Waals surface area (Å²) in [4.78, 5) is 11.5. The number of methoxy groups -OCH3 is 1. The third-order valence-electron chi connectivity index (χ3n) is 2.26. The van der Waals surface area contributed by atoms with Crippen LogP contribution in [0.25, 0.3) is 0 Å². The maximum atomic E-state index is 10.8. The Balaban J connectivity index is 2.17.